The Labute approximate surface area is 150 Å². The van der Waals surface area contributed by atoms with Gasteiger partial charge in [-0.05, 0) is 12.8 Å². The van der Waals surface area contributed by atoms with Gasteiger partial charge in [-0.25, -0.2) is 9.13 Å². The second-order valence-electron chi connectivity index (χ2n) is 7.33. The number of imidazole rings is 1. The molecule has 0 spiro atoms. The summed E-state index contributed by atoms with van der Waals surface area (Å²) in [6, 6.07) is 0. The monoisotopic (exact) mass is 337 g/mol. The molecule has 0 saturated heterocycles. The summed E-state index contributed by atoms with van der Waals surface area (Å²) < 4.78 is 4.01. The maximum atomic E-state index is 9.48. The van der Waals surface area contributed by atoms with E-state index in [1.54, 1.807) is 6.92 Å². The molecule has 0 aliphatic rings. The van der Waals surface area contributed by atoms with Crippen molar-refractivity contribution in [3.05, 3.63) is 18.7 Å². The van der Waals surface area contributed by atoms with Crippen LogP contribution in [0.3, 0.4) is 0 Å². The summed E-state index contributed by atoms with van der Waals surface area (Å²) in [5.41, 5.74) is 0. The van der Waals surface area contributed by atoms with Gasteiger partial charge in [0.1, 0.15) is 12.4 Å². The minimum atomic E-state index is -0.428. The highest BCUT2D eigenvalue weighted by molar-refractivity contribution is 4.67. The molecule has 1 unspecified atom stereocenters. The molecule has 0 saturated carbocycles. The molecule has 0 fully saturated rings. The summed E-state index contributed by atoms with van der Waals surface area (Å²) in [6.07, 6.45) is 25.2. The molecule has 1 aromatic rings. The number of unbranched alkanes of at least 4 members (excludes halogenated alkanes) is 13. The molecule has 0 radical (unpaired) electrons. The van der Waals surface area contributed by atoms with Crippen molar-refractivity contribution in [2.24, 2.45) is 0 Å². The van der Waals surface area contributed by atoms with Crippen LogP contribution < -0.4 is 4.57 Å². The van der Waals surface area contributed by atoms with Gasteiger partial charge in [-0.2, -0.15) is 0 Å². The van der Waals surface area contributed by atoms with Crippen LogP contribution in [0.4, 0.5) is 0 Å². The first-order valence-electron chi connectivity index (χ1n) is 10.5. The molecule has 1 heterocycles. The van der Waals surface area contributed by atoms with Gasteiger partial charge in [0, 0.05) is 6.92 Å². The van der Waals surface area contributed by atoms with Crippen molar-refractivity contribution in [3.63, 3.8) is 0 Å². The van der Waals surface area contributed by atoms with Crippen molar-refractivity contribution in [3.8, 4) is 0 Å². The Morgan fingerprint density at radius 3 is 1.67 bits per heavy atom. The Hall–Kier alpha value is -0.830. The molecule has 24 heavy (non-hydrogen) atoms. The molecule has 0 aromatic carbocycles. The van der Waals surface area contributed by atoms with E-state index in [1.807, 2.05) is 17.1 Å². The average Bonchev–Trinajstić information content (AvgIpc) is 3.04. The van der Waals surface area contributed by atoms with Gasteiger partial charge in [-0.15, -0.1) is 0 Å². The normalized spacial score (nSPS) is 12.6. The van der Waals surface area contributed by atoms with Crippen molar-refractivity contribution in [2.75, 3.05) is 0 Å². The smallest absolute Gasteiger partial charge is 0.245 e. The lowest BCUT2D eigenvalue weighted by atomic mass is 10.0. The summed E-state index contributed by atoms with van der Waals surface area (Å²) in [5, 5.41) is 9.48. The van der Waals surface area contributed by atoms with E-state index in [0.717, 1.165) is 6.54 Å². The van der Waals surface area contributed by atoms with E-state index in [4.69, 9.17) is 0 Å². The Morgan fingerprint density at radius 2 is 1.25 bits per heavy atom. The molecule has 1 atom stereocenters. The largest absolute Gasteiger partial charge is 0.355 e. The van der Waals surface area contributed by atoms with E-state index in [-0.39, 0.29) is 0 Å². The number of rotatable bonds is 16. The third kappa shape index (κ3) is 10.9. The second-order valence-corrected chi connectivity index (χ2v) is 7.33. The molecular formula is C21H41N2O+. The number of nitrogens with zero attached hydrogens (tertiary/aromatic N) is 2. The Bertz CT molecular complexity index is 387. The van der Waals surface area contributed by atoms with Gasteiger partial charge >= 0.3 is 0 Å². The van der Waals surface area contributed by atoms with E-state index in [2.05, 4.69) is 17.7 Å². The van der Waals surface area contributed by atoms with Crippen LogP contribution in [-0.4, -0.2) is 9.67 Å². The first-order valence-corrected chi connectivity index (χ1v) is 10.5. The van der Waals surface area contributed by atoms with Crippen molar-refractivity contribution in [1.29, 1.82) is 0 Å². The van der Waals surface area contributed by atoms with Crippen LogP contribution >= 0.6 is 0 Å². The Morgan fingerprint density at radius 1 is 0.792 bits per heavy atom. The van der Waals surface area contributed by atoms with Gasteiger partial charge in [0.25, 0.3) is 0 Å². The molecule has 0 amide bonds. The molecule has 0 bridgehead atoms. The summed E-state index contributed by atoms with van der Waals surface area (Å²) in [7, 11) is 0. The predicted octanol–water partition coefficient (Wildman–Crippen LogP) is 5.77. The van der Waals surface area contributed by atoms with Gasteiger partial charge in [-0.3, -0.25) is 0 Å². The van der Waals surface area contributed by atoms with E-state index in [9.17, 15) is 5.11 Å². The molecule has 0 aliphatic carbocycles. The molecule has 1 aromatic heterocycles. The lowest BCUT2D eigenvalue weighted by molar-refractivity contribution is -0.697. The minimum Gasteiger partial charge on any atom is -0.355 e. The van der Waals surface area contributed by atoms with Gasteiger partial charge < -0.3 is 5.11 Å². The van der Waals surface area contributed by atoms with Crippen LogP contribution in [-0.2, 0) is 6.54 Å². The van der Waals surface area contributed by atoms with Crippen molar-refractivity contribution in [2.45, 2.75) is 117 Å². The highest BCUT2D eigenvalue weighted by Crippen LogP contribution is 2.12. The number of hydrogen-bond acceptors (Lipinski definition) is 1. The maximum absolute atomic E-state index is 9.48. The maximum Gasteiger partial charge on any atom is 0.245 e. The van der Waals surface area contributed by atoms with Gasteiger partial charge in [0.15, 0.2) is 6.23 Å². The number of aliphatic hydroxyl groups excluding tert-OH is 1. The molecule has 1 N–H and O–H groups in total. The second kappa shape index (κ2) is 14.5. The van der Waals surface area contributed by atoms with Crippen LogP contribution in [0.15, 0.2) is 18.7 Å². The summed E-state index contributed by atoms with van der Waals surface area (Å²) >= 11 is 0. The average molecular weight is 338 g/mol. The predicted molar refractivity (Wildman–Crippen MR) is 102 cm³/mol. The SMILES string of the molecule is CCCCCCCCCCCCCCCC[n+]1ccn(C(C)O)c1. The fourth-order valence-electron chi connectivity index (χ4n) is 3.25. The molecule has 3 heteroatoms. The fourth-order valence-corrected chi connectivity index (χ4v) is 3.25. The van der Waals surface area contributed by atoms with Gasteiger partial charge in [0.2, 0.25) is 6.33 Å². The van der Waals surface area contributed by atoms with E-state index in [0.29, 0.717) is 0 Å². The van der Waals surface area contributed by atoms with E-state index in [1.165, 1.54) is 89.9 Å². The number of aromatic nitrogens is 2. The first-order chi connectivity index (χ1) is 11.7. The molecule has 0 aliphatic heterocycles. The van der Waals surface area contributed by atoms with Crippen LogP contribution in [0, 0.1) is 0 Å². The van der Waals surface area contributed by atoms with E-state index >= 15 is 0 Å². The lowest BCUT2D eigenvalue weighted by Crippen LogP contribution is -2.31. The lowest BCUT2D eigenvalue weighted by Gasteiger charge is -2.03. The molecular weight excluding hydrogens is 296 g/mol. The third-order valence-electron chi connectivity index (χ3n) is 4.91. The zero-order valence-electron chi connectivity index (χ0n) is 16.3. The summed E-state index contributed by atoms with van der Waals surface area (Å²) in [4.78, 5) is 0. The fraction of sp³-hybridized carbons (Fsp3) is 0.857. The highest BCUT2D eigenvalue weighted by atomic mass is 16.3. The van der Waals surface area contributed by atoms with Crippen LogP contribution in [0.5, 0.6) is 0 Å². The van der Waals surface area contributed by atoms with Crippen molar-refractivity contribution >= 4 is 0 Å². The highest BCUT2D eigenvalue weighted by Gasteiger charge is 2.07. The number of aliphatic hydroxyl groups is 1. The summed E-state index contributed by atoms with van der Waals surface area (Å²) in [5.74, 6) is 0. The number of aryl methyl sites for hydroxylation is 1. The van der Waals surface area contributed by atoms with Crippen LogP contribution in [0.25, 0.3) is 0 Å². The van der Waals surface area contributed by atoms with Crippen molar-refractivity contribution in [1.82, 2.24) is 4.57 Å². The topological polar surface area (TPSA) is 29.0 Å². The minimum absolute atomic E-state index is 0.428. The Balaban J connectivity index is 1.80. The van der Waals surface area contributed by atoms with Crippen LogP contribution in [0.2, 0.25) is 0 Å². The van der Waals surface area contributed by atoms with Crippen molar-refractivity contribution < 1.29 is 9.67 Å². The van der Waals surface area contributed by atoms with Crippen LogP contribution in [0.1, 0.15) is 110 Å². The van der Waals surface area contributed by atoms with Gasteiger partial charge in [0.05, 0.1) is 6.54 Å². The van der Waals surface area contributed by atoms with E-state index < -0.39 is 6.23 Å². The summed E-state index contributed by atoms with van der Waals surface area (Å²) in [6.45, 7) is 5.14. The number of hydrogen-bond donors (Lipinski definition) is 1. The standard InChI is InChI=1S/C21H41N2O/c1-3-4-5-6-7-8-9-10-11-12-13-14-15-16-17-22-18-19-23(20-22)21(2)24/h18-21,24H,3-17H2,1-2H3/q+1. The van der Waals surface area contributed by atoms with Gasteiger partial charge in [-0.1, -0.05) is 84.0 Å². The quantitative estimate of drug-likeness (QED) is 0.301. The zero-order valence-corrected chi connectivity index (χ0v) is 16.3. The Kier molecular flexibility index (Phi) is 12.8. The zero-order chi connectivity index (χ0) is 17.5. The molecule has 1 rings (SSSR count). The molecule has 140 valence electrons. The third-order valence-corrected chi connectivity index (χ3v) is 4.91. The first kappa shape index (κ1) is 21.2. The molecule has 3 nitrogen and oxygen atoms in total.